The summed E-state index contributed by atoms with van der Waals surface area (Å²) in [5.41, 5.74) is 1.76. The van der Waals surface area contributed by atoms with Gasteiger partial charge < -0.3 is 14.7 Å². The lowest BCUT2D eigenvalue weighted by Gasteiger charge is -2.25. The summed E-state index contributed by atoms with van der Waals surface area (Å²) in [6.07, 6.45) is 0.594. The molecule has 0 spiro atoms. The first-order valence-corrected chi connectivity index (χ1v) is 10.3. The highest BCUT2D eigenvalue weighted by Gasteiger charge is 2.21. The smallest absolute Gasteiger partial charge is 0.368 e. The number of nitrogens with zero attached hydrogens (tertiary/aromatic N) is 1. The van der Waals surface area contributed by atoms with E-state index >= 15 is 0 Å². The number of halogens is 2. The molecule has 0 bridgehead atoms. The van der Waals surface area contributed by atoms with Crippen LogP contribution < -0.4 is 14.4 Å². The molecule has 0 fully saturated rings. The van der Waals surface area contributed by atoms with Crippen molar-refractivity contribution < 1.29 is 23.4 Å². The number of nitrogens with one attached hydrogen (secondary N) is 1. The minimum absolute atomic E-state index is 0.301. The van der Waals surface area contributed by atoms with Gasteiger partial charge in [-0.3, -0.25) is 4.72 Å². The van der Waals surface area contributed by atoms with Crippen LogP contribution in [0.15, 0.2) is 58.3 Å². The van der Waals surface area contributed by atoms with Gasteiger partial charge in [-0.15, -0.1) is 11.8 Å². The molecule has 1 aliphatic heterocycles. The van der Waals surface area contributed by atoms with Crippen LogP contribution in [0.2, 0.25) is 0 Å². The van der Waals surface area contributed by atoms with Gasteiger partial charge in [0.25, 0.3) is 0 Å². The molecule has 0 saturated carbocycles. The second kappa shape index (κ2) is 9.31. The van der Waals surface area contributed by atoms with Crippen molar-refractivity contribution in [3.05, 3.63) is 54.3 Å². The van der Waals surface area contributed by atoms with Gasteiger partial charge in [-0.2, -0.15) is 4.39 Å². The molecule has 0 saturated heterocycles. The third kappa shape index (κ3) is 4.78. The summed E-state index contributed by atoms with van der Waals surface area (Å²) in [5, 5.41) is 8.67. The Balaban J connectivity index is 2.03. The molecule has 0 radical (unpaired) electrons. The van der Waals surface area contributed by atoms with Crippen molar-refractivity contribution in [2.75, 3.05) is 23.7 Å². The number of anilines is 2. The van der Waals surface area contributed by atoms with E-state index in [0.29, 0.717) is 25.1 Å². The van der Waals surface area contributed by atoms with Gasteiger partial charge in [0.2, 0.25) is 5.83 Å². The van der Waals surface area contributed by atoms with Crippen molar-refractivity contribution >= 4 is 41.1 Å². The molecule has 2 aromatic rings. The fourth-order valence-corrected chi connectivity index (χ4v) is 4.19. The average molecular weight is 424 g/mol. The standard InChI is InChI=1S/C19H18F2N2O3S2/c1-2-27-18-9-15-17(10-16(18)26-11-14(21)19(24)25)28-22-7-8-23(15)13-5-3-12(20)4-6-13/h3-6,9-11,22H,2,7-8H2,1H3,(H,24,25)/b14-11-. The number of benzene rings is 2. The molecule has 0 amide bonds. The van der Waals surface area contributed by atoms with Gasteiger partial charge in [-0.05, 0) is 54.1 Å². The fourth-order valence-electron chi connectivity index (χ4n) is 2.65. The highest BCUT2D eigenvalue weighted by atomic mass is 32.2. The van der Waals surface area contributed by atoms with Gasteiger partial charge in [-0.25, -0.2) is 9.18 Å². The normalized spacial score (nSPS) is 14.4. The average Bonchev–Trinajstić information content (AvgIpc) is 2.88. The Kier molecular flexibility index (Phi) is 6.82. The number of fused-ring (bicyclic) bond motifs is 1. The number of aliphatic carboxylic acids is 1. The van der Waals surface area contributed by atoms with Gasteiger partial charge in [0.15, 0.2) is 0 Å². The molecule has 0 atom stereocenters. The molecule has 0 unspecified atom stereocenters. The molecule has 0 aliphatic carbocycles. The van der Waals surface area contributed by atoms with E-state index < -0.39 is 11.8 Å². The van der Waals surface area contributed by atoms with E-state index in [-0.39, 0.29) is 5.82 Å². The molecular formula is C19H18F2N2O3S2. The van der Waals surface area contributed by atoms with Gasteiger partial charge in [0, 0.05) is 18.8 Å². The summed E-state index contributed by atoms with van der Waals surface area (Å²) < 4.78 is 35.2. The van der Waals surface area contributed by atoms with Crippen molar-refractivity contribution in [1.29, 1.82) is 0 Å². The zero-order chi connectivity index (χ0) is 20.1. The molecule has 9 heteroatoms. The van der Waals surface area contributed by atoms with Crippen molar-refractivity contribution in [1.82, 2.24) is 4.72 Å². The summed E-state index contributed by atoms with van der Waals surface area (Å²) in [7, 11) is 0. The van der Waals surface area contributed by atoms with Crippen molar-refractivity contribution in [3.63, 3.8) is 0 Å². The lowest BCUT2D eigenvalue weighted by molar-refractivity contribution is -0.134. The van der Waals surface area contributed by atoms with Gasteiger partial charge >= 0.3 is 5.97 Å². The maximum Gasteiger partial charge on any atom is 0.368 e. The van der Waals surface area contributed by atoms with Crippen molar-refractivity contribution in [3.8, 4) is 5.75 Å². The van der Waals surface area contributed by atoms with E-state index in [1.54, 1.807) is 18.2 Å². The van der Waals surface area contributed by atoms with E-state index in [1.807, 2.05) is 13.0 Å². The second-order valence-corrected chi connectivity index (χ2v) is 7.95. The van der Waals surface area contributed by atoms with Gasteiger partial charge in [-0.1, -0.05) is 6.92 Å². The van der Waals surface area contributed by atoms with E-state index in [1.165, 1.54) is 35.8 Å². The number of rotatable bonds is 6. The highest BCUT2D eigenvalue weighted by molar-refractivity contribution is 7.99. The van der Waals surface area contributed by atoms with E-state index in [4.69, 9.17) is 9.84 Å². The second-order valence-electron chi connectivity index (χ2n) is 5.71. The molecular weight excluding hydrogens is 406 g/mol. The van der Waals surface area contributed by atoms with Gasteiger partial charge in [0.1, 0.15) is 17.8 Å². The van der Waals surface area contributed by atoms with Crippen LogP contribution in [-0.4, -0.2) is 29.9 Å². The maximum atomic E-state index is 13.3. The Labute approximate surface area is 169 Å². The Morgan fingerprint density at radius 3 is 2.82 bits per heavy atom. The van der Waals surface area contributed by atoms with E-state index in [9.17, 15) is 13.6 Å². The first-order valence-electron chi connectivity index (χ1n) is 8.49. The fraction of sp³-hybridized carbons (Fsp3) is 0.211. The van der Waals surface area contributed by atoms with Crippen LogP contribution in [0.1, 0.15) is 6.92 Å². The monoisotopic (exact) mass is 424 g/mol. The summed E-state index contributed by atoms with van der Waals surface area (Å²) in [6, 6.07) is 9.94. The first kappa shape index (κ1) is 20.5. The molecule has 2 aromatic carbocycles. The molecule has 1 heterocycles. The summed E-state index contributed by atoms with van der Waals surface area (Å²) in [6.45, 7) is 3.34. The molecule has 148 valence electrons. The SMILES string of the molecule is CCSc1cc2c(cc1O/C=C(\F)C(=O)O)SNCCN2c1ccc(F)cc1. The Hall–Kier alpha value is -2.23. The lowest BCUT2D eigenvalue weighted by Crippen LogP contribution is -2.23. The van der Waals surface area contributed by atoms with E-state index in [0.717, 1.165) is 26.9 Å². The topological polar surface area (TPSA) is 61.8 Å². The predicted octanol–water partition coefficient (Wildman–Crippen LogP) is 4.96. The molecule has 1 aliphatic rings. The first-order chi connectivity index (χ1) is 13.5. The van der Waals surface area contributed by atoms with Crippen LogP contribution in [-0.2, 0) is 4.79 Å². The third-order valence-corrected chi connectivity index (χ3v) is 5.68. The van der Waals surface area contributed by atoms with Crippen molar-refractivity contribution in [2.24, 2.45) is 0 Å². The maximum absolute atomic E-state index is 13.3. The highest BCUT2D eigenvalue weighted by Crippen LogP contribution is 2.43. The quantitative estimate of drug-likeness (QED) is 0.294. The summed E-state index contributed by atoms with van der Waals surface area (Å²) in [5.74, 6) is -2.23. The van der Waals surface area contributed by atoms with Crippen molar-refractivity contribution in [2.45, 2.75) is 16.7 Å². The third-order valence-electron chi connectivity index (χ3n) is 3.87. The van der Waals surface area contributed by atoms with Crippen LogP contribution in [0.3, 0.4) is 0 Å². The molecule has 5 nitrogen and oxygen atoms in total. The van der Waals surface area contributed by atoms with Gasteiger partial charge in [0.05, 0.1) is 15.5 Å². The van der Waals surface area contributed by atoms with Crippen LogP contribution in [0, 0.1) is 5.82 Å². The number of carboxylic acid groups (broad SMARTS) is 1. The Morgan fingerprint density at radius 1 is 1.39 bits per heavy atom. The lowest BCUT2D eigenvalue weighted by atomic mass is 10.2. The number of hydrogen-bond donors (Lipinski definition) is 2. The number of carbonyl (C=O) groups is 1. The van der Waals surface area contributed by atoms with Crippen LogP contribution in [0.5, 0.6) is 5.75 Å². The minimum Gasteiger partial charge on any atom is -0.476 e. The molecule has 2 N–H and O–H groups in total. The van der Waals surface area contributed by atoms with E-state index in [2.05, 4.69) is 9.62 Å². The summed E-state index contributed by atoms with van der Waals surface area (Å²) in [4.78, 5) is 14.3. The molecule has 0 aromatic heterocycles. The van der Waals surface area contributed by atoms with Crippen LogP contribution in [0.4, 0.5) is 20.2 Å². The Bertz CT molecular complexity index is 891. The number of ether oxygens (including phenoxy) is 1. The molecule has 28 heavy (non-hydrogen) atoms. The molecule has 3 rings (SSSR count). The Morgan fingerprint density at radius 2 is 2.14 bits per heavy atom. The number of carboxylic acids is 1. The van der Waals surface area contributed by atoms with Crippen LogP contribution >= 0.6 is 23.7 Å². The largest absolute Gasteiger partial charge is 0.476 e. The number of thioether (sulfide) groups is 1. The minimum atomic E-state index is -1.68. The van der Waals surface area contributed by atoms with Crippen LogP contribution in [0.25, 0.3) is 0 Å². The number of hydrogen-bond acceptors (Lipinski definition) is 6. The predicted molar refractivity (Wildman–Crippen MR) is 108 cm³/mol. The summed E-state index contributed by atoms with van der Waals surface area (Å²) >= 11 is 2.91. The zero-order valence-corrected chi connectivity index (χ0v) is 16.6. The zero-order valence-electron chi connectivity index (χ0n) is 14.9.